The highest BCUT2D eigenvalue weighted by atomic mass is 35.5. The zero-order chi connectivity index (χ0) is 12.0. The maximum absolute atomic E-state index is 11.1. The van der Waals surface area contributed by atoms with Crippen LogP contribution in [0.5, 0.6) is 0 Å². The maximum atomic E-state index is 11.1. The van der Waals surface area contributed by atoms with E-state index < -0.39 is 0 Å². The van der Waals surface area contributed by atoms with Gasteiger partial charge in [0.15, 0.2) is 0 Å². The standard InChI is InChI=1S/C10H11Cl2NO2S/c1-2-15-10(14)6-16-5-8-7(11)3-4-9(12)13-8/h3-4H,2,5-6H2,1H3. The minimum atomic E-state index is -0.231. The number of hydrogen-bond acceptors (Lipinski definition) is 4. The molecule has 0 N–H and O–H groups in total. The van der Waals surface area contributed by atoms with E-state index in [1.54, 1.807) is 19.1 Å². The number of carbonyl (C=O) groups is 1. The zero-order valence-electron chi connectivity index (χ0n) is 8.70. The van der Waals surface area contributed by atoms with Crippen molar-refractivity contribution in [3.63, 3.8) is 0 Å². The van der Waals surface area contributed by atoms with Crippen LogP contribution >= 0.6 is 35.0 Å². The van der Waals surface area contributed by atoms with Gasteiger partial charge in [-0.15, -0.1) is 11.8 Å². The summed E-state index contributed by atoms with van der Waals surface area (Å²) in [6.07, 6.45) is 0. The Hall–Kier alpha value is -0.450. The van der Waals surface area contributed by atoms with E-state index in [0.717, 1.165) is 0 Å². The summed E-state index contributed by atoms with van der Waals surface area (Å²) in [5.74, 6) is 0.599. The van der Waals surface area contributed by atoms with Crippen LogP contribution in [-0.4, -0.2) is 23.3 Å². The topological polar surface area (TPSA) is 39.2 Å². The lowest BCUT2D eigenvalue weighted by molar-refractivity contribution is -0.139. The van der Waals surface area contributed by atoms with Crippen LogP contribution in [0, 0.1) is 0 Å². The van der Waals surface area contributed by atoms with Crippen molar-refractivity contribution in [2.24, 2.45) is 0 Å². The molecule has 0 aromatic carbocycles. The van der Waals surface area contributed by atoms with Crippen LogP contribution in [0.25, 0.3) is 0 Å². The van der Waals surface area contributed by atoms with Crippen LogP contribution in [0.2, 0.25) is 10.2 Å². The average molecular weight is 280 g/mol. The van der Waals surface area contributed by atoms with Crippen molar-refractivity contribution >= 4 is 40.9 Å². The van der Waals surface area contributed by atoms with Gasteiger partial charge in [0.2, 0.25) is 0 Å². The van der Waals surface area contributed by atoms with Crippen molar-refractivity contribution in [2.45, 2.75) is 12.7 Å². The third-order valence-corrected chi connectivity index (χ3v) is 3.12. The number of rotatable bonds is 5. The summed E-state index contributed by atoms with van der Waals surface area (Å²) >= 11 is 13.1. The van der Waals surface area contributed by atoms with Crippen molar-refractivity contribution in [1.82, 2.24) is 4.98 Å². The Balaban J connectivity index is 2.42. The molecule has 0 atom stereocenters. The lowest BCUT2D eigenvalue weighted by atomic mass is 10.4. The van der Waals surface area contributed by atoms with Gasteiger partial charge in [-0.05, 0) is 19.1 Å². The number of halogens is 2. The Morgan fingerprint density at radius 2 is 2.25 bits per heavy atom. The van der Waals surface area contributed by atoms with E-state index in [4.69, 9.17) is 27.9 Å². The summed E-state index contributed by atoms with van der Waals surface area (Å²) < 4.78 is 4.79. The molecular weight excluding hydrogens is 269 g/mol. The Morgan fingerprint density at radius 1 is 1.50 bits per heavy atom. The molecule has 0 bridgehead atoms. The molecule has 0 aliphatic carbocycles. The fourth-order valence-electron chi connectivity index (χ4n) is 0.993. The number of hydrogen-bond donors (Lipinski definition) is 0. The minimum Gasteiger partial charge on any atom is -0.465 e. The molecule has 0 radical (unpaired) electrons. The number of nitrogens with zero attached hydrogens (tertiary/aromatic N) is 1. The molecule has 0 saturated heterocycles. The summed E-state index contributed by atoms with van der Waals surface area (Å²) in [5, 5.41) is 0.955. The third kappa shape index (κ3) is 4.60. The molecule has 0 amide bonds. The monoisotopic (exact) mass is 279 g/mol. The van der Waals surface area contributed by atoms with Crippen LogP contribution in [0.15, 0.2) is 12.1 Å². The fraction of sp³-hybridized carbons (Fsp3) is 0.400. The maximum Gasteiger partial charge on any atom is 0.315 e. The second-order valence-corrected chi connectivity index (χ2v) is 4.64. The Morgan fingerprint density at radius 3 is 2.94 bits per heavy atom. The highest BCUT2D eigenvalue weighted by Gasteiger charge is 2.06. The quantitative estimate of drug-likeness (QED) is 0.613. The van der Waals surface area contributed by atoms with Crippen molar-refractivity contribution in [3.05, 3.63) is 28.0 Å². The lowest BCUT2D eigenvalue weighted by Gasteiger charge is -2.04. The van der Waals surface area contributed by atoms with E-state index in [2.05, 4.69) is 4.98 Å². The molecule has 6 heteroatoms. The SMILES string of the molecule is CCOC(=O)CSCc1nc(Cl)ccc1Cl. The Bertz CT molecular complexity index is 374. The van der Waals surface area contributed by atoms with Gasteiger partial charge in [-0.2, -0.15) is 0 Å². The first-order valence-corrected chi connectivity index (χ1v) is 6.58. The highest BCUT2D eigenvalue weighted by molar-refractivity contribution is 7.99. The van der Waals surface area contributed by atoms with Gasteiger partial charge in [-0.3, -0.25) is 4.79 Å². The van der Waals surface area contributed by atoms with Crippen molar-refractivity contribution < 1.29 is 9.53 Å². The number of ether oxygens (including phenoxy) is 1. The number of thioether (sulfide) groups is 1. The Labute approximate surface area is 108 Å². The van der Waals surface area contributed by atoms with Gasteiger partial charge in [0.1, 0.15) is 5.15 Å². The first-order valence-electron chi connectivity index (χ1n) is 4.67. The molecule has 0 aliphatic rings. The molecule has 0 aliphatic heterocycles. The van der Waals surface area contributed by atoms with Gasteiger partial charge < -0.3 is 4.74 Å². The van der Waals surface area contributed by atoms with Gasteiger partial charge >= 0.3 is 5.97 Å². The van der Waals surface area contributed by atoms with Crippen LogP contribution < -0.4 is 0 Å². The number of aromatic nitrogens is 1. The Kier molecular flexibility index (Phi) is 5.95. The van der Waals surface area contributed by atoms with Crippen LogP contribution in [-0.2, 0) is 15.3 Å². The molecule has 0 fully saturated rings. The number of pyridine rings is 1. The molecule has 3 nitrogen and oxygen atoms in total. The number of carbonyl (C=O) groups excluding carboxylic acids is 1. The van der Waals surface area contributed by atoms with E-state index in [0.29, 0.717) is 34.0 Å². The van der Waals surface area contributed by atoms with Gasteiger partial charge in [-0.25, -0.2) is 4.98 Å². The van der Waals surface area contributed by atoms with E-state index in [9.17, 15) is 4.79 Å². The van der Waals surface area contributed by atoms with Crippen molar-refractivity contribution in [2.75, 3.05) is 12.4 Å². The summed E-state index contributed by atoms with van der Waals surface area (Å²) in [6, 6.07) is 3.32. The summed E-state index contributed by atoms with van der Waals surface area (Å²) in [5.41, 5.74) is 0.684. The average Bonchev–Trinajstić information content (AvgIpc) is 2.23. The molecule has 0 spiro atoms. The van der Waals surface area contributed by atoms with Gasteiger partial charge in [0, 0.05) is 5.75 Å². The van der Waals surface area contributed by atoms with Crippen LogP contribution in [0.4, 0.5) is 0 Å². The molecule has 0 saturated carbocycles. The van der Waals surface area contributed by atoms with Gasteiger partial charge in [0.25, 0.3) is 0 Å². The molecule has 1 aromatic heterocycles. The summed E-state index contributed by atoms with van der Waals surface area (Å²) in [6.45, 7) is 2.17. The van der Waals surface area contributed by atoms with E-state index in [-0.39, 0.29) is 5.97 Å². The first-order chi connectivity index (χ1) is 7.63. The lowest BCUT2D eigenvalue weighted by Crippen LogP contribution is -2.07. The predicted molar refractivity (Wildman–Crippen MR) is 67.1 cm³/mol. The van der Waals surface area contributed by atoms with E-state index in [1.165, 1.54) is 11.8 Å². The molecule has 88 valence electrons. The minimum absolute atomic E-state index is 0.231. The molecule has 1 heterocycles. The van der Waals surface area contributed by atoms with Crippen LogP contribution in [0.1, 0.15) is 12.6 Å². The second kappa shape index (κ2) is 6.99. The van der Waals surface area contributed by atoms with Gasteiger partial charge in [0.05, 0.1) is 23.1 Å². The third-order valence-electron chi connectivity index (χ3n) is 1.65. The van der Waals surface area contributed by atoms with Crippen molar-refractivity contribution in [1.29, 1.82) is 0 Å². The molecule has 16 heavy (non-hydrogen) atoms. The van der Waals surface area contributed by atoms with E-state index in [1.807, 2.05) is 0 Å². The molecule has 0 unspecified atom stereocenters. The summed E-state index contributed by atoms with van der Waals surface area (Å²) in [7, 11) is 0. The predicted octanol–water partition coefficient (Wildman–Crippen LogP) is 3.18. The normalized spacial score (nSPS) is 10.2. The fourth-order valence-corrected chi connectivity index (χ4v) is 2.17. The second-order valence-electron chi connectivity index (χ2n) is 2.86. The van der Waals surface area contributed by atoms with Crippen molar-refractivity contribution in [3.8, 4) is 0 Å². The molecular formula is C10H11Cl2NO2S. The first kappa shape index (κ1) is 13.6. The largest absolute Gasteiger partial charge is 0.465 e. The zero-order valence-corrected chi connectivity index (χ0v) is 11.0. The van der Waals surface area contributed by atoms with Gasteiger partial charge in [-0.1, -0.05) is 23.2 Å². The van der Waals surface area contributed by atoms with E-state index >= 15 is 0 Å². The summed E-state index contributed by atoms with van der Waals surface area (Å²) in [4.78, 5) is 15.1. The molecule has 1 aromatic rings. The highest BCUT2D eigenvalue weighted by Crippen LogP contribution is 2.21. The van der Waals surface area contributed by atoms with Crippen LogP contribution in [0.3, 0.4) is 0 Å². The molecule has 1 rings (SSSR count). The number of esters is 1. The smallest absolute Gasteiger partial charge is 0.315 e.